The van der Waals surface area contributed by atoms with E-state index >= 15 is 0 Å². The molecular formula is C36H53NO5. The fraction of sp³-hybridized carbons (Fsp3) is 0.750. The Morgan fingerprint density at radius 3 is 2.43 bits per heavy atom. The summed E-state index contributed by atoms with van der Waals surface area (Å²) in [5.41, 5.74) is 2.11. The topological polar surface area (TPSA) is 78.7 Å². The number of nitro benzene ring substituents is 1. The number of hydrogen-bond donors (Lipinski definition) is 0. The molecule has 1 aromatic carbocycles. The zero-order chi connectivity index (χ0) is 30.2. The standard InChI is InChI=1S/C36H53NO5/c1-7-25(23(2)3)9-8-24(4)31-16-17-32-30-15-10-26-22-29(18-20-35(26,5)33(30)19-21-36(31,32)6)42-34(38)41-28-13-11-27(12-14-28)37(39)40/h10-14,23-25,29-33H,7-9,15-22H2,1-6H3/t24-,25-,29+,30+,31-,32+,33+,35+,36-/m1/s1. The molecule has 5 rings (SSSR count). The van der Waals surface area contributed by atoms with Crippen molar-refractivity contribution in [2.45, 2.75) is 118 Å². The average Bonchev–Trinajstić information content (AvgIpc) is 3.31. The van der Waals surface area contributed by atoms with Gasteiger partial charge in [0.05, 0.1) is 4.92 Å². The van der Waals surface area contributed by atoms with E-state index in [2.05, 4.69) is 47.6 Å². The lowest BCUT2D eigenvalue weighted by Gasteiger charge is -2.58. The van der Waals surface area contributed by atoms with E-state index in [-0.39, 0.29) is 23.0 Å². The van der Waals surface area contributed by atoms with Gasteiger partial charge in [0, 0.05) is 18.6 Å². The average molecular weight is 580 g/mol. The third kappa shape index (κ3) is 5.88. The van der Waals surface area contributed by atoms with Gasteiger partial charge in [0.1, 0.15) is 11.9 Å². The Kier molecular flexibility index (Phi) is 9.11. The molecule has 4 aliphatic carbocycles. The van der Waals surface area contributed by atoms with Gasteiger partial charge in [0.25, 0.3) is 5.69 Å². The van der Waals surface area contributed by atoms with Gasteiger partial charge in [0.15, 0.2) is 0 Å². The van der Waals surface area contributed by atoms with E-state index in [1.807, 2.05) is 0 Å². The molecule has 0 N–H and O–H groups in total. The number of fused-ring (bicyclic) bond motifs is 5. The highest BCUT2D eigenvalue weighted by atomic mass is 16.7. The van der Waals surface area contributed by atoms with Crippen LogP contribution in [0.5, 0.6) is 5.75 Å². The highest BCUT2D eigenvalue weighted by Gasteiger charge is 2.59. The Morgan fingerprint density at radius 1 is 1.02 bits per heavy atom. The maximum absolute atomic E-state index is 12.5. The summed E-state index contributed by atoms with van der Waals surface area (Å²) in [5, 5.41) is 10.9. The van der Waals surface area contributed by atoms with Crippen LogP contribution < -0.4 is 4.74 Å². The number of nitrogens with zero attached hydrogens (tertiary/aromatic N) is 1. The zero-order valence-corrected chi connectivity index (χ0v) is 26.8. The minimum atomic E-state index is -0.732. The molecule has 42 heavy (non-hydrogen) atoms. The Balaban J connectivity index is 1.20. The maximum Gasteiger partial charge on any atom is 0.514 e. The van der Waals surface area contributed by atoms with Crippen LogP contribution in [0, 0.1) is 62.4 Å². The second-order valence-corrected chi connectivity index (χ2v) is 15.0. The summed E-state index contributed by atoms with van der Waals surface area (Å²) >= 11 is 0. The van der Waals surface area contributed by atoms with Gasteiger partial charge < -0.3 is 9.47 Å². The van der Waals surface area contributed by atoms with Crippen molar-refractivity contribution in [3.8, 4) is 5.75 Å². The van der Waals surface area contributed by atoms with Crippen LogP contribution in [0.25, 0.3) is 0 Å². The van der Waals surface area contributed by atoms with Gasteiger partial charge >= 0.3 is 6.16 Å². The van der Waals surface area contributed by atoms with Crippen molar-refractivity contribution >= 4 is 11.8 Å². The van der Waals surface area contributed by atoms with Crippen LogP contribution >= 0.6 is 0 Å². The summed E-state index contributed by atoms with van der Waals surface area (Å²) < 4.78 is 11.1. The molecule has 3 fully saturated rings. The monoisotopic (exact) mass is 579 g/mol. The van der Waals surface area contributed by atoms with Crippen molar-refractivity contribution in [3.05, 3.63) is 46.0 Å². The molecule has 0 amide bonds. The fourth-order valence-corrected chi connectivity index (χ4v) is 10.3. The first kappa shape index (κ1) is 31.1. The second kappa shape index (κ2) is 12.3. The predicted octanol–water partition coefficient (Wildman–Crippen LogP) is 10.2. The van der Waals surface area contributed by atoms with Crippen molar-refractivity contribution in [2.24, 2.45) is 52.3 Å². The van der Waals surface area contributed by atoms with E-state index in [0.717, 1.165) is 60.7 Å². The Hall–Kier alpha value is -2.37. The summed E-state index contributed by atoms with van der Waals surface area (Å²) in [7, 11) is 0. The summed E-state index contributed by atoms with van der Waals surface area (Å²) in [6.07, 6.45) is 15.0. The van der Waals surface area contributed by atoms with Crippen molar-refractivity contribution < 1.29 is 19.2 Å². The Labute approximate surface area is 253 Å². The molecule has 4 aliphatic rings. The van der Waals surface area contributed by atoms with Crippen molar-refractivity contribution in [1.82, 2.24) is 0 Å². The molecule has 3 saturated carbocycles. The molecule has 0 saturated heterocycles. The van der Waals surface area contributed by atoms with Gasteiger partial charge in [-0.2, -0.15) is 0 Å². The lowest BCUT2D eigenvalue weighted by molar-refractivity contribution is -0.384. The summed E-state index contributed by atoms with van der Waals surface area (Å²) in [5.74, 6) is 5.90. The number of carbonyl (C=O) groups excluding carboxylic acids is 1. The number of nitro groups is 1. The second-order valence-electron chi connectivity index (χ2n) is 15.0. The first-order valence-corrected chi connectivity index (χ1v) is 16.8. The molecule has 0 bridgehead atoms. The summed E-state index contributed by atoms with van der Waals surface area (Å²) in [6, 6.07) is 5.52. The number of allylic oxidation sites excluding steroid dienone is 1. The van der Waals surface area contributed by atoms with E-state index in [9.17, 15) is 14.9 Å². The van der Waals surface area contributed by atoms with Gasteiger partial charge in [0.2, 0.25) is 0 Å². The van der Waals surface area contributed by atoms with Crippen molar-refractivity contribution in [2.75, 3.05) is 0 Å². The number of carbonyl (C=O) groups is 1. The lowest BCUT2D eigenvalue weighted by atomic mass is 9.47. The smallest absolute Gasteiger partial charge is 0.430 e. The molecular weight excluding hydrogens is 526 g/mol. The minimum Gasteiger partial charge on any atom is -0.430 e. The van der Waals surface area contributed by atoms with Gasteiger partial charge in [-0.25, -0.2) is 4.79 Å². The van der Waals surface area contributed by atoms with Gasteiger partial charge in [-0.1, -0.05) is 66.0 Å². The number of non-ortho nitro benzene ring substituents is 1. The quantitative estimate of drug-likeness (QED) is 0.0956. The number of hydrogen-bond acceptors (Lipinski definition) is 5. The van der Waals surface area contributed by atoms with Crippen LogP contribution in [0.3, 0.4) is 0 Å². The van der Waals surface area contributed by atoms with Crippen molar-refractivity contribution in [1.29, 1.82) is 0 Å². The first-order chi connectivity index (χ1) is 20.0. The lowest BCUT2D eigenvalue weighted by Crippen LogP contribution is -2.51. The maximum atomic E-state index is 12.5. The molecule has 9 atom stereocenters. The van der Waals surface area contributed by atoms with Crippen molar-refractivity contribution in [3.63, 3.8) is 0 Å². The Bertz CT molecular complexity index is 1160. The highest BCUT2D eigenvalue weighted by molar-refractivity contribution is 5.64. The highest BCUT2D eigenvalue weighted by Crippen LogP contribution is 2.67. The Morgan fingerprint density at radius 2 is 1.76 bits per heavy atom. The van der Waals surface area contributed by atoms with Gasteiger partial charge in [-0.15, -0.1) is 0 Å². The normalized spacial score (nSPS) is 35.3. The third-order valence-corrected chi connectivity index (χ3v) is 12.8. The molecule has 1 aromatic rings. The molecule has 6 nitrogen and oxygen atoms in total. The largest absolute Gasteiger partial charge is 0.514 e. The zero-order valence-electron chi connectivity index (χ0n) is 26.8. The van der Waals surface area contributed by atoms with E-state index in [1.165, 1.54) is 81.2 Å². The van der Waals surface area contributed by atoms with Gasteiger partial charge in [-0.3, -0.25) is 10.1 Å². The van der Waals surface area contributed by atoms with Gasteiger partial charge in [-0.05, 0) is 116 Å². The van der Waals surface area contributed by atoms with E-state index < -0.39 is 11.1 Å². The molecule has 0 unspecified atom stereocenters. The van der Waals surface area contributed by atoms with E-state index in [4.69, 9.17) is 9.47 Å². The predicted molar refractivity (Wildman–Crippen MR) is 166 cm³/mol. The summed E-state index contributed by atoms with van der Waals surface area (Å²) in [6.45, 7) is 14.9. The number of benzene rings is 1. The molecule has 0 aliphatic heterocycles. The number of rotatable bonds is 9. The molecule has 0 heterocycles. The first-order valence-electron chi connectivity index (χ1n) is 16.8. The molecule has 232 valence electrons. The van der Waals surface area contributed by atoms with Crippen LogP contribution in [-0.4, -0.2) is 17.2 Å². The third-order valence-electron chi connectivity index (χ3n) is 12.8. The van der Waals surface area contributed by atoms with E-state index in [0.29, 0.717) is 5.41 Å². The van der Waals surface area contributed by atoms with E-state index in [1.54, 1.807) is 0 Å². The molecule has 0 radical (unpaired) electrons. The molecule has 0 aromatic heterocycles. The minimum absolute atomic E-state index is 0.0396. The fourth-order valence-electron chi connectivity index (χ4n) is 10.3. The molecule has 0 spiro atoms. The van der Waals surface area contributed by atoms with Crippen LogP contribution in [0.15, 0.2) is 35.9 Å². The molecule has 6 heteroatoms. The summed E-state index contributed by atoms with van der Waals surface area (Å²) in [4.78, 5) is 23.0. The SMILES string of the molecule is CC[C@H](CC[C@@H](C)[C@H]1CC[C@H]2[C@@H]3CC=C4C[C@@H](OC(=O)Oc5ccc([N+](=O)[O-])cc5)CC[C@]4(C)[C@H]3CC[C@]12C)C(C)C. The van der Waals surface area contributed by atoms with Crippen LogP contribution in [0.4, 0.5) is 10.5 Å². The van der Waals surface area contributed by atoms with Crippen LogP contribution in [0.2, 0.25) is 0 Å². The van der Waals surface area contributed by atoms with Crippen LogP contribution in [0.1, 0.15) is 112 Å². The van der Waals surface area contributed by atoms with Crippen LogP contribution in [-0.2, 0) is 4.74 Å². The number of ether oxygens (including phenoxy) is 2.